The molecule has 1 aromatic rings. The van der Waals surface area contributed by atoms with E-state index >= 15 is 0 Å². The van der Waals surface area contributed by atoms with E-state index < -0.39 is 11.5 Å². The van der Waals surface area contributed by atoms with Crippen molar-refractivity contribution < 1.29 is 14.6 Å². The molecular formula is C12H15NO3. The van der Waals surface area contributed by atoms with Gasteiger partial charge in [0.1, 0.15) is 11.3 Å². The molecule has 0 aliphatic heterocycles. The Morgan fingerprint density at radius 3 is 2.75 bits per heavy atom. The molecule has 1 rings (SSSR count). The first-order valence-electron chi connectivity index (χ1n) is 4.81. The van der Waals surface area contributed by atoms with E-state index in [4.69, 9.17) is 15.6 Å². The fourth-order valence-corrected chi connectivity index (χ4v) is 1.40. The Balaban J connectivity index is 3.03. The monoisotopic (exact) mass is 221 g/mol. The first-order valence-corrected chi connectivity index (χ1v) is 4.81. The number of ether oxygens (including phenoxy) is 1. The van der Waals surface area contributed by atoms with Gasteiger partial charge in [-0.05, 0) is 11.6 Å². The average molecular weight is 221 g/mol. The summed E-state index contributed by atoms with van der Waals surface area (Å²) in [5.74, 6) is -0.478. The first-order chi connectivity index (χ1) is 7.53. The Morgan fingerprint density at radius 2 is 2.25 bits per heavy atom. The summed E-state index contributed by atoms with van der Waals surface area (Å²) in [5.41, 5.74) is 5.00. The maximum absolute atomic E-state index is 11.0. The third-order valence-corrected chi connectivity index (χ3v) is 2.44. The number of para-hydroxylation sites is 1. The lowest BCUT2D eigenvalue weighted by molar-refractivity contribution is -0.141. The van der Waals surface area contributed by atoms with Gasteiger partial charge in [0.2, 0.25) is 0 Å². The van der Waals surface area contributed by atoms with Crippen molar-refractivity contribution in [3.05, 3.63) is 42.5 Å². The van der Waals surface area contributed by atoms with Gasteiger partial charge in [0.15, 0.2) is 0 Å². The molecule has 0 fully saturated rings. The van der Waals surface area contributed by atoms with Gasteiger partial charge in [0.05, 0.1) is 7.11 Å². The number of nitrogens with two attached hydrogens (primary N) is 1. The highest BCUT2D eigenvalue weighted by Gasteiger charge is 2.31. The van der Waals surface area contributed by atoms with E-state index in [0.717, 1.165) is 5.56 Å². The molecule has 0 radical (unpaired) electrons. The molecule has 0 spiro atoms. The second-order valence-corrected chi connectivity index (χ2v) is 3.54. The third kappa shape index (κ3) is 2.41. The van der Waals surface area contributed by atoms with Gasteiger partial charge >= 0.3 is 5.97 Å². The van der Waals surface area contributed by atoms with E-state index in [9.17, 15) is 4.79 Å². The van der Waals surface area contributed by atoms with Gasteiger partial charge in [-0.15, -0.1) is 6.58 Å². The highest BCUT2D eigenvalue weighted by atomic mass is 16.5. The second kappa shape index (κ2) is 4.81. The molecule has 0 aromatic heterocycles. The SMILES string of the molecule is C=C[C@](N)(Cc1ccccc1OC)C(=O)O. The number of carboxylic acids is 1. The molecule has 86 valence electrons. The van der Waals surface area contributed by atoms with Crippen LogP contribution in [0.3, 0.4) is 0 Å². The number of benzene rings is 1. The molecule has 4 heteroatoms. The van der Waals surface area contributed by atoms with Crippen molar-refractivity contribution in [3.63, 3.8) is 0 Å². The molecule has 0 saturated heterocycles. The van der Waals surface area contributed by atoms with E-state index in [2.05, 4.69) is 6.58 Å². The molecule has 0 amide bonds. The fourth-order valence-electron chi connectivity index (χ4n) is 1.40. The summed E-state index contributed by atoms with van der Waals surface area (Å²) in [4.78, 5) is 11.0. The zero-order valence-electron chi connectivity index (χ0n) is 9.14. The molecule has 0 aliphatic rings. The van der Waals surface area contributed by atoms with Gasteiger partial charge in [-0.1, -0.05) is 24.3 Å². The predicted octanol–water partition coefficient (Wildman–Crippen LogP) is 1.21. The van der Waals surface area contributed by atoms with Gasteiger partial charge in [-0.3, -0.25) is 0 Å². The van der Waals surface area contributed by atoms with Crippen molar-refractivity contribution in [1.29, 1.82) is 0 Å². The Bertz CT molecular complexity index is 403. The maximum atomic E-state index is 11.0. The number of rotatable bonds is 5. The summed E-state index contributed by atoms with van der Waals surface area (Å²) in [6, 6.07) is 7.17. The van der Waals surface area contributed by atoms with Gasteiger partial charge in [-0.25, -0.2) is 4.79 Å². The van der Waals surface area contributed by atoms with Crippen LogP contribution in [-0.2, 0) is 11.2 Å². The van der Waals surface area contributed by atoms with Crippen molar-refractivity contribution in [2.45, 2.75) is 12.0 Å². The van der Waals surface area contributed by atoms with Gasteiger partial charge in [-0.2, -0.15) is 0 Å². The molecule has 4 nitrogen and oxygen atoms in total. The normalized spacial score (nSPS) is 13.9. The lowest BCUT2D eigenvalue weighted by atomic mass is 9.91. The van der Waals surface area contributed by atoms with Crippen LogP contribution >= 0.6 is 0 Å². The highest BCUT2D eigenvalue weighted by Crippen LogP contribution is 2.22. The molecule has 0 aliphatic carbocycles. The van der Waals surface area contributed by atoms with Crippen LogP contribution in [0.25, 0.3) is 0 Å². The van der Waals surface area contributed by atoms with Crippen LogP contribution in [0.2, 0.25) is 0 Å². The summed E-state index contributed by atoms with van der Waals surface area (Å²) >= 11 is 0. The van der Waals surface area contributed by atoms with Crippen LogP contribution in [0.5, 0.6) is 5.75 Å². The Labute approximate surface area is 94.3 Å². The zero-order chi connectivity index (χ0) is 12.2. The van der Waals surface area contributed by atoms with E-state index in [-0.39, 0.29) is 6.42 Å². The predicted molar refractivity (Wildman–Crippen MR) is 61.4 cm³/mol. The molecule has 3 N–H and O–H groups in total. The molecular weight excluding hydrogens is 206 g/mol. The summed E-state index contributed by atoms with van der Waals surface area (Å²) < 4.78 is 5.13. The number of hydrogen-bond donors (Lipinski definition) is 2. The van der Waals surface area contributed by atoms with E-state index in [1.807, 2.05) is 12.1 Å². The molecule has 16 heavy (non-hydrogen) atoms. The Morgan fingerprint density at radius 1 is 1.62 bits per heavy atom. The van der Waals surface area contributed by atoms with Crippen LogP contribution in [0.1, 0.15) is 5.56 Å². The van der Waals surface area contributed by atoms with Crippen molar-refractivity contribution in [1.82, 2.24) is 0 Å². The third-order valence-electron chi connectivity index (χ3n) is 2.44. The Hall–Kier alpha value is -1.81. The lowest BCUT2D eigenvalue weighted by Gasteiger charge is -2.21. The minimum Gasteiger partial charge on any atom is -0.496 e. The summed E-state index contributed by atoms with van der Waals surface area (Å²) in [6.07, 6.45) is 1.39. The van der Waals surface area contributed by atoms with Crippen molar-refractivity contribution in [2.24, 2.45) is 5.73 Å². The fraction of sp³-hybridized carbons (Fsp3) is 0.250. The van der Waals surface area contributed by atoms with E-state index in [0.29, 0.717) is 5.75 Å². The maximum Gasteiger partial charge on any atom is 0.328 e. The number of carboxylic acid groups (broad SMARTS) is 1. The molecule has 0 bridgehead atoms. The van der Waals surface area contributed by atoms with Crippen LogP contribution < -0.4 is 10.5 Å². The molecule has 1 atom stereocenters. The topological polar surface area (TPSA) is 72.5 Å². The zero-order valence-corrected chi connectivity index (χ0v) is 9.14. The van der Waals surface area contributed by atoms with Crippen molar-refractivity contribution in [3.8, 4) is 5.75 Å². The van der Waals surface area contributed by atoms with Gasteiger partial charge in [0, 0.05) is 6.42 Å². The number of carbonyl (C=O) groups is 1. The van der Waals surface area contributed by atoms with E-state index in [1.165, 1.54) is 13.2 Å². The smallest absolute Gasteiger partial charge is 0.328 e. The highest BCUT2D eigenvalue weighted by molar-refractivity contribution is 5.81. The second-order valence-electron chi connectivity index (χ2n) is 3.54. The van der Waals surface area contributed by atoms with E-state index in [1.54, 1.807) is 12.1 Å². The van der Waals surface area contributed by atoms with Crippen molar-refractivity contribution >= 4 is 5.97 Å². The minimum atomic E-state index is -1.46. The Kier molecular flexibility index (Phi) is 3.68. The van der Waals surface area contributed by atoms with Crippen LogP contribution in [-0.4, -0.2) is 23.7 Å². The summed E-state index contributed by atoms with van der Waals surface area (Å²) in [6.45, 7) is 3.46. The summed E-state index contributed by atoms with van der Waals surface area (Å²) in [5, 5.41) is 9.02. The minimum absolute atomic E-state index is 0.149. The number of hydrogen-bond acceptors (Lipinski definition) is 3. The molecule has 0 heterocycles. The number of aliphatic carboxylic acids is 1. The summed E-state index contributed by atoms with van der Waals surface area (Å²) in [7, 11) is 1.53. The van der Waals surface area contributed by atoms with Crippen LogP contribution in [0.4, 0.5) is 0 Å². The molecule has 0 unspecified atom stereocenters. The standard InChI is InChI=1S/C12H15NO3/c1-3-12(13,11(14)15)8-9-6-4-5-7-10(9)16-2/h3-7H,1,8,13H2,2H3,(H,14,15)/t12-/m0/s1. The average Bonchev–Trinajstić information content (AvgIpc) is 2.29. The quantitative estimate of drug-likeness (QED) is 0.733. The lowest BCUT2D eigenvalue weighted by Crippen LogP contribution is -2.47. The first kappa shape index (κ1) is 12.3. The van der Waals surface area contributed by atoms with Gasteiger partial charge in [0.25, 0.3) is 0 Å². The van der Waals surface area contributed by atoms with Gasteiger partial charge < -0.3 is 15.6 Å². The number of methoxy groups -OCH3 is 1. The van der Waals surface area contributed by atoms with Crippen LogP contribution in [0, 0.1) is 0 Å². The largest absolute Gasteiger partial charge is 0.496 e. The van der Waals surface area contributed by atoms with Crippen LogP contribution in [0.15, 0.2) is 36.9 Å². The molecule has 0 saturated carbocycles. The molecule has 1 aromatic carbocycles. The van der Waals surface area contributed by atoms with Crippen molar-refractivity contribution in [2.75, 3.05) is 7.11 Å².